The largest absolute Gasteiger partial charge is 0.444 e. The maximum atomic E-state index is 11.4. The molecule has 0 aliphatic heterocycles. The molecular formula is C19H39NO2. The third-order valence-corrected chi connectivity index (χ3v) is 3.70. The van der Waals surface area contributed by atoms with Crippen LogP contribution in [0.5, 0.6) is 0 Å². The zero-order valence-electron chi connectivity index (χ0n) is 15.5. The molecule has 3 nitrogen and oxygen atoms in total. The van der Waals surface area contributed by atoms with Crippen molar-refractivity contribution in [2.75, 3.05) is 6.54 Å². The molecule has 1 amide bonds. The van der Waals surface area contributed by atoms with E-state index >= 15 is 0 Å². The SMILES string of the molecule is CCCCCCCCCCCCCCNC(=O)OC(C)(C)C. The van der Waals surface area contributed by atoms with Crippen LogP contribution < -0.4 is 5.32 Å². The zero-order chi connectivity index (χ0) is 16.7. The fourth-order valence-electron chi connectivity index (χ4n) is 2.47. The zero-order valence-corrected chi connectivity index (χ0v) is 15.5. The Morgan fingerprint density at radius 3 is 1.59 bits per heavy atom. The molecule has 0 aromatic rings. The Labute approximate surface area is 138 Å². The van der Waals surface area contributed by atoms with E-state index in [1.807, 2.05) is 20.8 Å². The first-order valence-corrected chi connectivity index (χ1v) is 9.42. The third kappa shape index (κ3) is 17.3. The molecule has 0 aliphatic rings. The molecule has 132 valence electrons. The van der Waals surface area contributed by atoms with Gasteiger partial charge in [-0.25, -0.2) is 4.79 Å². The fourth-order valence-corrected chi connectivity index (χ4v) is 2.47. The lowest BCUT2D eigenvalue weighted by atomic mass is 10.1. The predicted octanol–water partition coefficient (Wildman–Crippen LogP) is 6.21. The number of hydrogen-bond donors (Lipinski definition) is 1. The summed E-state index contributed by atoms with van der Waals surface area (Å²) in [6, 6.07) is 0. The second kappa shape index (κ2) is 13.9. The molecule has 0 unspecified atom stereocenters. The van der Waals surface area contributed by atoms with Crippen LogP contribution in [0.4, 0.5) is 4.79 Å². The van der Waals surface area contributed by atoms with Crippen LogP contribution in [0.15, 0.2) is 0 Å². The van der Waals surface area contributed by atoms with E-state index in [2.05, 4.69) is 12.2 Å². The quantitative estimate of drug-likeness (QED) is 0.410. The van der Waals surface area contributed by atoms with Crippen LogP contribution in [-0.2, 0) is 4.74 Å². The van der Waals surface area contributed by atoms with Crippen molar-refractivity contribution in [2.24, 2.45) is 0 Å². The number of ether oxygens (including phenoxy) is 1. The van der Waals surface area contributed by atoms with Gasteiger partial charge in [0.05, 0.1) is 0 Å². The first kappa shape index (κ1) is 21.3. The maximum absolute atomic E-state index is 11.4. The maximum Gasteiger partial charge on any atom is 0.407 e. The normalized spacial score (nSPS) is 11.5. The predicted molar refractivity (Wildman–Crippen MR) is 95.3 cm³/mol. The third-order valence-electron chi connectivity index (χ3n) is 3.70. The number of amides is 1. The Balaban J connectivity index is 3.16. The van der Waals surface area contributed by atoms with Gasteiger partial charge in [0.25, 0.3) is 0 Å². The molecule has 0 aromatic carbocycles. The molecule has 1 N–H and O–H groups in total. The summed E-state index contributed by atoms with van der Waals surface area (Å²) in [7, 11) is 0. The van der Waals surface area contributed by atoms with Crippen molar-refractivity contribution in [2.45, 2.75) is 110 Å². The van der Waals surface area contributed by atoms with E-state index in [1.165, 1.54) is 70.6 Å². The molecule has 0 rings (SSSR count). The van der Waals surface area contributed by atoms with Crippen LogP contribution in [0.1, 0.15) is 105 Å². The summed E-state index contributed by atoms with van der Waals surface area (Å²) in [5, 5.41) is 2.81. The van der Waals surface area contributed by atoms with Gasteiger partial charge in [0.15, 0.2) is 0 Å². The first-order valence-electron chi connectivity index (χ1n) is 9.42. The summed E-state index contributed by atoms with van der Waals surface area (Å²) < 4.78 is 5.19. The lowest BCUT2D eigenvalue weighted by Gasteiger charge is -2.19. The second-order valence-corrected chi connectivity index (χ2v) is 7.32. The molecule has 0 saturated heterocycles. The number of alkyl carbamates (subject to hydrolysis) is 1. The number of carbonyl (C=O) groups excluding carboxylic acids is 1. The minimum atomic E-state index is -0.402. The van der Waals surface area contributed by atoms with Crippen LogP contribution >= 0.6 is 0 Å². The van der Waals surface area contributed by atoms with E-state index in [4.69, 9.17) is 4.74 Å². The molecule has 0 atom stereocenters. The van der Waals surface area contributed by atoms with Crippen molar-refractivity contribution in [1.82, 2.24) is 5.32 Å². The molecule has 0 saturated carbocycles. The van der Waals surface area contributed by atoms with E-state index in [0.717, 1.165) is 13.0 Å². The highest BCUT2D eigenvalue weighted by molar-refractivity contribution is 5.67. The minimum absolute atomic E-state index is 0.296. The van der Waals surface area contributed by atoms with Gasteiger partial charge in [0.1, 0.15) is 5.60 Å². The number of rotatable bonds is 13. The summed E-state index contributed by atoms with van der Waals surface area (Å²) in [6.45, 7) is 8.65. The average Bonchev–Trinajstić information content (AvgIpc) is 2.42. The standard InChI is InChI=1S/C19H39NO2/c1-5-6-7-8-9-10-11-12-13-14-15-16-17-20-18(21)22-19(2,3)4/h5-17H2,1-4H3,(H,20,21). The Bertz CT molecular complexity index is 259. The van der Waals surface area contributed by atoms with Gasteiger partial charge in [-0.3, -0.25) is 0 Å². The average molecular weight is 314 g/mol. The second-order valence-electron chi connectivity index (χ2n) is 7.32. The Kier molecular flexibility index (Phi) is 13.4. The van der Waals surface area contributed by atoms with E-state index in [9.17, 15) is 4.79 Å². The monoisotopic (exact) mass is 313 g/mol. The number of unbranched alkanes of at least 4 members (excludes halogenated alkanes) is 11. The van der Waals surface area contributed by atoms with Gasteiger partial charge in [-0.15, -0.1) is 0 Å². The van der Waals surface area contributed by atoms with Gasteiger partial charge in [0, 0.05) is 6.54 Å². The molecule has 0 radical (unpaired) electrons. The van der Waals surface area contributed by atoms with Crippen LogP contribution in [0.2, 0.25) is 0 Å². The van der Waals surface area contributed by atoms with Crippen LogP contribution in [0, 0.1) is 0 Å². The lowest BCUT2D eigenvalue weighted by Crippen LogP contribution is -2.32. The van der Waals surface area contributed by atoms with Crippen molar-refractivity contribution in [3.63, 3.8) is 0 Å². The highest BCUT2D eigenvalue weighted by Crippen LogP contribution is 2.12. The van der Waals surface area contributed by atoms with E-state index < -0.39 is 5.60 Å². The summed E-state index contributed by atoms with van der Waals surface area (Å²) in [5.74, 6) is 0. The van der Waals surface area contributed by atoms with Crippen LogP contribution in [-0.4, -0.2) is 18.2 Å². The van der Waals surface area contributed by atoms with Gasteiger partial charge in [-0.1, -0.05) is 77.6 Å². The molecule has 0 aromatic heterocycles. The van der Waals surface area contributed by atoms with Gasteiger partial charge in [-0.05, 0) is 27.2 Å². The Hall–Kier alpha value is -0.730. The lowest BCUT2D eigenvalue weighted by molar-refractivity contribution is 0.0527. The summed E-state index contributed by atoms with van der Waals surface area (Å²) in [6.07, 6.45) is 15.7. The molecule has 0 spiro atoms. The van der Waals surface area contributed by atoms with E-state index in [1.54, 1.807) is 0 Å². The van der Waals surface area contributed by atoms with E-state index in [-0.39, 0.29) is 6.09 Å². The van der Waals surface area contributed by atoms with Crippen molar-refractivity contribution in [3.05, 3.63) is 0 Å². The summed E-state index contributed by atoms with van der Waals surface area (Å²) >= 11 is 0. The van der Waals surface area contributed by atoms with Gasteiger partial charge in [-0.2, -0.15) is 0 Å². The number of nitrogens with one attached hydrogen (secondary N) is 1. The fraction of sp³-hybridized carbons (Fsp3) is 0.947. The summed E-state index contributed by atoms with van der Waals surface area (Å²) in [5.41, 5.74) is -0.402. The number of carbonyl (C=O) groups is 1. The molecule has 0 bridgehead atoms. The van der Waals surface area contributed by atoms with Gasteiger partial charge < -0.3 is 10.1 Å². The van der Waals surface area contributed by atoms with Gasteiger partial charge in [0.2, 0.25) is 0 Å². The topological polar surface area (TPSA) is 38.3 Å². The molecule has 0 heterocycles. The number of hydrogen-bond acceptors (Lipinski definition) is 2. The van der Waals surface area contributed by atoms with Crippen LogP contribution in [0.3, 0.4) is 0 Å². The molecular weight excluding hydrogens is 274 g/mol. The van der Waals surface area contributed by atoms with E-state index in [0.29, 0.717) is 0 Å². The smallest absolute Gasteiger partial charge is 0.407 e. The summed E-state index contributed by atoms with van der Waals surface area (Å²) in [4.78, 5) is 11.4. The Morgan fingerprint density at radius 2 is 1.18 bits per heavy atom. The van der Waals surface area contributed by atoms with Crippen molar-refractivity contribution >= 4 is 6.09 Å². The highest BCUT2D eigenvalue weighted by Gasteiger charge is 2.15. The van der Waals surface area contributed by atoms with Crippen LogP contribution in [0.25, 0.3) is 0 Å². The van der Waals surface area contributed by atoms with Gasteiger partial charge >= 0.3 is 6.09 Å². The highest BCUT2D eigenvalue weighted by atomic mass is 16.6. The van der Waals surface area contributed by atoms with Crippen molar-refractivity contribution in [3.8, 4) is 0 Å². The molecule has 0 aliphatic carbocycles. The molecule has 22 heavy (non-hydrogen) atoms. The molecule has 3 heteroatoms. The van der Waals surface area contributed by atoms with Crippen molar-refractivity contribution < 1.29 is 9.53 Å². The first-order chi connectivity index (χ1) is 10.5. The van der Waals surface area contributed by atoms with Crippen molar-refractivity contribution in [1.29, 1.82) is 0 Å². The molecule has 0 fully saturated rings. The Morgan fingerprint density at radius 1 is 0.773 bits per heavy atom. The minimum Gasteiger partial charge on any atom is -0.444 e.